The van der Waals surface area contributed by atoms with Gasteiger partial charge in [-0.1, -0.05) is 13.8 Å². The fraction of sp³-hybridized carbons (Fsp3) is 0.364. The number of fused-ring (bicyclic) bond motifs is 1. The SMILES string of the molecule is CCC(C)C1=c2ncsc2=NC=C=C1. The van der Waals surface area contributed by atoms with Gasteiger partial charge < -0.3 is 0 Å². The monoisotopic (exact) mass is 204 g/mol. The molecular formula is C11H12N2S. The van der Waals surface area contributed by atoms with Crippen LogP contribution < -0.4 is 10.0 Å². The molecule has 0 spiro atoms. The second-order valence-corrected chi connectivity index (χ2v) is 4.17. The van der Waals surface area contributed by atoms with Crippen LogP contribution in [-0.2, 0) is 0 Å². The Morgan fingerprint density at radius 2 is 2.43 bits per heavy atom. The van der Waals surface area contributed by atoms with E-state index < -0.39 is 0 Å². The van der Waals surface area contributed by atoms with E-state index in [2.05, 4.69) is 29.6 Å². The largest absolute Gasteiger partial charge is 0.243 e. The molecule has 2 heterocycles. The molecule has 1 unspecified atom stereocenters. The second kappa shape index (κ2) is 3.91. The van der Waals surface area contributed by atoms with Crippen molar-refractivity contribution in [2.45, 2.75) is 20.3 Å². The smallest absolute Gasteiger partial charge is 0.144 e. The molecule has 0 saturated carbocycles. The molecule has 72 valence electrons. The van der Waals surface area contributed by atoms with Crippen molar-refractivity contribution in [1.82, 2.24) is 4.98 Å². The molecule has 0 radical (unpaired) electrons. The van der Waals surface area contributed by atoms with Gasteiger partial charge in [0.25, 0.3) is 0 Å². The van der Waals surface area contributed by atoms with E-state index in [1.54, 1.807) is 17.5 Å². The Morgan fingerprint density at radius 1 is 1.57 bits per heavy atom. The highest BCUT2D eigenvalue weighted by Crippen LogP contribution is 2.14. The molecule has 2 nitrogen and oxygen atoms in total. The van der Waals surface area contributed by atoms with Crippen LogP contribution in [0, 0.1) is 5.92 Å². The van der Waals surface area contributed by atoms with Crippen molar-refractivity contribution in [1.29, 1.82) is 0 Å². The fourth-order valence-electron chi connectivity index (χ4n) is 1.42. The van der Waals surface area contributed by atoms with Gasteiger partial charge in [0.2, 0.25) is 0 Å². The first-order chi connectivity index (χ1) is 6.83. The third-order valence-electron chi connectivity index (χ3n) is 2.46. The molecule has 0 N–H and O–H groups in total. The highest BCUT2D eigenvalue weighted by atomic mass is 32.1. The fourth-order valence-corrected chi connectivity index (χ4v) is 2.07. The predicted molar refractivity (Wildman–Crippen MR) is 58.4 cm³/mol. The molecule has 0 amide bonds. The van der Waals surface area contributed by atoms with Gasteiger partial charge in [0.1, 0.15) is 10.0 Å². The van der Waals surface area contributed by atoms with E-state index in [0.29, 0.717) is 5.92 Å². The molecule has 1 aliphatic heterocycles. The Labute approximate surface area is 87.0 Å². The van der Waals surface area contributed by atoms with Crippen LogP contribution in [0.5, 0.6) is 0 Å². The summed E-state index contributed by atoms with van der Waals surface area (Å²) in [5.74, 6) is 0.519. The standard InChI is InChI=1S/C11H12N2S/c1-3-8(2)9-5-4-6-12-11-10(9)13-7-14-11/h5-8H,3H2,1-2H3. The lowest BCUT2D eigenvalue weighted by molar-refractivity contribution is 0.715. The Morgan fingerprint density at radius 3 is 3.21 bits per heavy atom. The number of nitrogens with zero attached hydrogens (tertiary/aromatic N) is 2. The lowest BCUT2D eigenvalue weighted by atomic mass is 9.98. The topological polar surface area (TPSA) is 25.2 Å². The van der Waals surface area contributed by atoms with Crippen molar-refractivity contribution in [3.63, 3.8) is 0 Å². The summed E-state index contributed by atoms with van der Waals surface area (Å²) in [6.07, 6.45) is 4.83. The molecule has 1 aromatic heterocycles. The van der Waals surface area contributed by atoms with E-state index >= 15 is 0 Å². The van der Waals surface area contributed by atoms with Crippen LogP contribution in [0.1, 0.15) is 20.3 Å². The highest BCUT2D eigenvalue weighted by Gasteiger charge is 2.08. The van der Waals surface area contributed by atoms with Crippen LogP contribution in [0.25, 0.3) is 5.57 Å². The van der Waals surface area contributed by atoms with Crippen molar-refractivity contribution in [3.05, 3.63) is 33.5 Å². The number of allylic oxidation sites excluding steroid dienone is 1. The van der Waals surface area contributed by atoms with E-state index in [0.717, 1.165) is 16.4 Å². The third kappa shape index (κ3) is 1.57. The average molecular weight is 204 g/mol. The summed E-state index contributed by atoms with van der Waals surface area (Å²) in [5, 5.41) is 1.03. The lowest BCUT2D eigenvalue weighted by Gasteiger charge is -2.06. The van der Waals surface area contributed by atoms with Crippen molar-refractivity contribution in [3.8, 4) is 0 Å². The summed E-state index contributed by atoms with van der Waals surface area (Å²) in [5.41, 5.74) is 6.16. The van der Waals surface area contributed by atoms with E-state index in [4.69, 9.17) is 0 Å². The lowest BCUT2D eigenvalue weighted by Crippen LogP contribution is -2.25. The highest BCUT2D eigenvalue weighted by molar-refractivity contribution is 7.07. The van der Waals surface area contributed by atoms with Gasteiger partial charge >= 0.3 is 0 Å². The van der Waals surface area contributed by atoms with Gasteiger partial charge in [-0.15, -0.1) is 17.1 Å². The Bertz CT molecular complexity index is 504. The van der Waals surface area contributed by atoms with Gasteiger partial charge in [-0.3, -0.25) is 0 Å². The molecule has 0 bridgehead atoms. The molecule has 1 atom stereocenters. The molecule has 1 aliphatic rings. The molecule has 0 fully saturated rings. The van der Waals surface area contributed by atoms with Crippen LogP contribution in [0.3, 0.4) is 0 Å². The quantitative estimate of drug-likeness (QED) is 0.672. The van der Waals surface area contributed by atoms with Gasteiger partial charge in [0, 0.05) is 0 Å². The van der Waals surface area contributed by atoms with Crippen LogP contribution in [0.4, 0.5) is 0 Å². The maximum absolute atomic E-state index is 4.36. The minimum absolute atomic E-state index is 0.519. The molecular weight excluding hydrogens is 192 g/mol. The van der Waals surface area contributed by atoms with Gasteiger partial charge in [-0.2, -0.15) is 0 Å². The van der Waals surface area contributed by atoms with E-state index in [-0.39, 0.29) is 0 Å². The predicted octanol–water partition coefficient (Wildman–Crippen LogP) is 1.64. The maximum Gasteiger partial charge on any atom is 0.144 e. The zero-order valence-corrected chi connectivity index (χ0v) is 9.14. The third-order valence-corrected chi connectivity index (χ3v) is 3.19. The first-order valence-electron chi connectivity index (χ1n) is 4.75. The van der Waals surface area contributed by atoms with E-state index in [9.17, 15) is 0 Å². The van der Waals surface area contributed by atoms with Crippen LogP contribution in [0.15, 0.2) is 28.5 Å². The van der Waals surface area contributed by atoms with Crippen molar-refractivity contribution in [2.75, 3.05) is 0 Å². The second-order valence-electron chi connectivity index (χ2n) is 3.34. The zero-order chi connectivity index (χ0) is 9.97. The summed E-state index contributed by atoms with van der Waals surface area (Å²) in [6, 6.07) is 0. The van der Waals surface area contributed by atoms with Gasteiger partial charge in [-0.05, 0) is 24.0 Å². The Balaban J connectivity index is 2.73. The first-order valence-corrected chi connectivity index (χ1v) is 5.63. The number of aromatic nitrogens is 1. The van der Waals surface area contributed by atoms with Gasteiger partial charge in [0.05, 0.1) is 11.7 Å². The van der Waals surface area contributed by atoms with Crippen molar-refractivity contribution < 1.29 is 0 Å². The summed E-state index contributed by atoms with van der Waals surface area (Å²) in [6.45, 7) is 4.39. The van der Waals surface area contributed by atoms with E-state index in [1.165, 1.54) is 5.57 Å². The minimum Gasteiger partial charge on any atom is -0.243 e. The van der Waals surface area contributed by atoms with E-state index in [1.807, 2.05) is 11.6 Å². The summed E-state index contributed by atoms with van der Waals surface area (Å²) >= 11 is 1.58. The number of thiazole rings is 1. The Kier molecular flexibility index (Phi) is 2.62. The number of hydrogen-bond donors (Lipinski definition) is 0. The van der Waals surface area contributed by atoms with Crippen molar-refractivity contribution >= 4 is 16.9 Å². The number of rotatable bonds is 2. The molecule has 3 heteroatoms. The van der Waals surface area contributed by atoms with Crippen LogP contribution in [0.2, 0.25) is 0 Å². The summed E-state index contributed by atoms with van der Waals surface area (Å²) in [7, 11) is 0. The maximum atomic E-state index is 4.36. The first kappa shape index (κ1) is 9.38. The van der Waals surface area contributed by atoms with Gasteiger partial charge in [-0.25, -0.2) is 9.98 Å². The summed E-state index contributed by atoms with van der Waals surface area (Å²) < 4.78 is 1.00. The normalized spacial score (nSPS) is 16.0. The molecule has 0 saturated heterocycles. The molecule has 0 aromatic carbocycles. The molecule has 1 aromatic rings. The Hall–Kier alpha value is -1.18. The van der Waals surface area contributed by atoms with Crippen LogP contribution in [-0.4, -0.2) is 4.98 Å². The number of hydrogen-bond acceptors (Lipinski definition) is 3. The minimum atomic E-state index is 0.519. The molecule has 2 rings (SSSR count). The molecule has 0 aliphatic carbocycles. The van der Waals surface area contributed by atoms with Gasteiger partial charge in [0.15, 0.2) is 0 Å². The molecule has 14 heavy (non-hydrogen) atoms. The van der Waals surface area contributed by atoms with Crippen molar-refractivity contribution in [2.24, 2.45) is 10.9 Å². The summed E-state index contributed by atoms with van der Waals surface area (Å²) in [4.78, 5) is 8.65. The average Bonchev–Trinajstić information content (AvgIpc) is 2.57. The van der Waals surface area contributed by atoms with Crippen LogP contribution >= 0.6 is 11.3 Å². The zero-order valence-electron chi connectivity index (χ0n) is 8.32.